The molecule has 140 valence electrons. The number of furan rings is 1. The van der Waals surface area contributed by atoms with Gasteiger partial charge in [-0.3, -0.25) is 4.79 Å². The lowest BCUT2D eigenvalue weighted by molar-refractivity contribution is -0.117. The van der Waals surface area contributed by atoms with Crippen LogP contribution >= 0.6 is 0 Å². The maximum atomic E-state index is 12.4. The predicted molar refractivity (Wildman–Crippen MR) is 93.3 cm³/mol. The van der Waals surface area contributed by atoms with Crippen molar-refractivity contribution in [2.24, 2.45) is 0 Å². The molecule has 2 aromatic rings. The van der Waals surface area contributed by atoms with Gasteiger partial charge >= 0.3 is 6.61 Å². The van der Waals surface area contributed by atoms with Crippen molar-refractivity contribution in [3.63, 3.8) is 0 Å². The third-order valence-corrected chi connectivity index (χ3v) is 3.46. The van der Waals surface area contributed by atoms with E-state index >= 15 is 0 Å². The second-order valence-electron chi connectivity index (χ2n) is 5.53. The van der Waals surface area contributed by atoms with Crippen LogP contribution in [0.2, 0.25) is 0 Å². The third kappa shape index (κ3) is 5.61. The smallest absolute Gasteiger partial charge is 0.387 e. The van der Waals surface area contributed by atoms with E-state index in [1.807, 2.05) is 19.9 Å². The molecule has 1 aromatic heterocycles. The summed E-state index contributed by atoms with van der Waals surface area (Å²) in [5.41, 5.74) is 0.617. The first-order valence-corrected chi connectivity index (χ1v) is 8.15. The van der Waals surface area contributed by atoms with Crippen molar-refractivity contribution in [2.75, 3.05) is 6.61 Å². The van der Waals surface area contributed by atoms with E-state index in [4.69, 9.17) is 9.15 Å². The van der Waals surface area contributed by atoms with Crippen molar-refractivity contribution in [1.29, 1.82) is 0 Å². The number of carbonyl (C=O) groups is 1. The number of hydrogen-bond donors (Lipinski definition) is 1. The second-order valence-corrected chi connectivity index (χ2v) is 5.53. The largest absolute Gasteiger partial charge is 0.490 e. The standard InChI is InChI=1S/C19H21F2NO4/c1-4-24-17-11-14(6-9-16(17)26-19(20)21)7-10-18(23)22-13(3)15-8-5-12(2)25-15/h5-11,13,19H,4H2,1-3H3,(H,22,23)/b10-7+. The zero-order valence-electron chi connectivity index (χ0n) is 14.8. The van der Waals surface area contributed by atoms with Crippen LogP contribution in [0.1, 0.15) is 37.0 Å². The second kappa shape index (κ2) is 9.03. The summed E-state index contributed by atoms with van der Waals surface area (Å²) in [5.74, 6) is 1.26. The number of aryl methyl sites for hydroxylation is 1. The Morgan fingerprint density at radius 2 is 2.04 bits per heavy atom. The monoisotopic (exact) mass is 365 g/mol. The normalized spacial score (nSPS) is 12.4. The molecular formula is C19H21F2NO4. The van der Waals surface area contributed by atoms with Crippen LogP contribution in [-0.2, 0) is 4.79 Å². The van der Waals surface area contributed by atoms with Crippen LogP contribution in [0.5, 0.6) is 11.5 Å². The lowest BCUT2D eigenvalue weighted by atomic mass is 10.2. The Morgan fingerprint density at radius 3 is 2.65 bits per heavy atom. The number of ether oxygens (including phenoxy) is 2. The first-order chi connectivity index (χ1) is 12.4. The van der Waals surface area contributed by atoms with Crippen molar-refractivity contribution in [1.82, 2.24) is 5.32 Å². The van der Waals surface area contributed by atoms with Gasteiger partial charge in [0.05, 0.1) is 12.6 Å². The van der Waals surface area contributed by atoms with Gasteiger partial charge in [0.25, 0.3) is 0 Å². The van der Waals surface area contributed by atoms with Crippen LogP contribution in [-0.4, -0.2) is 19.1 Å². The van der Waals surface area contributed by atoms with E-state index in [2.05, 4.69) is 10.1 Å². The molecule has 2 rings (SSSR count). The van der Waals surface area contributed by atoms with Gasteiger partial charge in [-0.25, -0.2) is 0 Å². The van der Waals surface area contributed by atoms with E-state index in [-0.39, 0.29) is 23.4 Å². The molecule has 0 aliphatic heterocycles. The summed E-state index contributed by atoms with van der Waals surface area (Å²) in [7, 11) is 0. The number of hydrogen-bond acceptors (Lipinski definition) is 4. The van der Waals surface area contributed by atoms with Crippen molar-refractivity contribution in [3.05, 3.63) is 53.5 Å². The quantitative estimate of drug-likeness (QED) is 0.701. The van der Waals surface area contributed by atoms with E-state index in [0.717, 1.165) is 5.76 Å². The maximum absolute atomic E-state index is 12.4. The lowest BCUT2D eigenvalue weighted by Crippen LogP contribution is -2.24. The topological polar surface area (TPSA) is 60.7 Å². The predicted octanol–water partition coefficient (Wildman–Crippen LogP) is 4.48. The van der Waals surface area contributed by atoms with Crippen LogP contribution in [0.4, 0.5) is 8.78 Å². The van der Waals surface area contributed by atoms with Crippen molar-refractivity contribution >= 4 is 12.0 Å². The highest BCUT2D eigenvalue weighted by Crippen LogP contribution is 2.30. The fraction of sp³-hybridized carbons (Fsp3) is 0.316. The summed E-state index contributed by atoms with van der Waals surface area (Å²) in [6.07, 6.45) is 2.91. The highest BCUT2D eigenvalue weighted by atomic mass is 19.3. The minimum Gasteiger partial charge on any atom is -0.490 e. The van der Waals surface area contributed by atoms with Gasteiger partial charge < -0.3 is 19.2 Å². The lowest BCUT2D eigenvalue weighted by Gasteiger charge is -2.12. The SMILES string of the molecule is CCOc1cc(/C=C/C(=O)NC(C)c2ccc(C)o2)ccc1OC(F)F. The van der Waals surface area contributed by atoms with Crippen molar-refractivity contribution in [3.8, 4) is 11.5 Å². The number of carbonyl (C=O) groups excluding carboxylic acids is 1. The molecule has 0 saturated heterocycles. The van der Waals surface area contributed by atoms with E-state index in [9.17, 15) is 13.6 Å². The minimum absolute atomic E-state index is 0.0507. The van der Waals surface area contributed by atoms with Crippen LogP contribution < -0.4 is 14.8 Å². The fourth-order valence-corrected chi connectivity index (χ4v) is 2.28. The van der Waals surface area contributed by atoms with Crippen LogP contribution in [0.25, 0.3) is 6.08 Å². The first-order valence-electron chi connectivity index (χ1n) is 8.15. The number of amides is 1. The number of rotatable bonds is 8. The molecule has 1 aromatic carbocycles. The molecule has 1 N–H and O–H groups in total. The van der Waals surface area contributed by atoms with Crippen LogP contribution in [0, 0.1) is 6.92 Å². The fourth-order valence-electron chi connectivity index (χ4n) is 2.28. The Hall–Kier alpha value is -2.83. The maximum Gasteiger partial charge on any atom is 0.387 e. The van der Waals surface area contributed by atoms with Gasteiger partial charge in [-0.2, -0.15) is 8.78 Å². The molecule has 26 heavy (non-hydrogen) atoms. The Kier molecular flexibility index (Phi) is 6.77. The molecule has 0 radical (unpaired) electrons. The molecule has 0 spiro atoms. The van der Waals surface area contributed by atoms with Gasteiger partial charge in [0, 0.05) is 6.08 Å². The molecular weight excluding hydrogens is 344 g/mol. The van der Waals surface area contributed by atoms with Crippen LogP contribution in [0.15, 0.2) is 40.8 Å². The number of nitrogens with one attached hydrogen (secondary N) is 1. The molecule has 7 heteroatoms. The van der Waals surface area contributed by atoms with Gasteiger partial charge in [-0.15, -0.1) is 0 Å². The Morgan fingerprint density at radius 1 is 1.27 bits per heavy atom. The Bertz CT molecular complexity index is 771. The minimum atomic E-state index is -2.94. The summed E-state index contributed by atoms with van der Waals surface area (Å²) in [6, 6.07) is 7.82. The summed E-state index contributed by atoms with van der Waals surface area (Å²) in [5, 5.41) is 2.78. The molecule has 1 atom stereocenters. The highest BCUT2D eigenvalue weighted by Gasteiger charge is 2.12. The van der Waals surface area contributed by atoms with Gasteiger partial charge in [-0.1, -0.05) is 6.07 Å². The van der Waals surface area contributed by atoms with Gasteiger partial charge in [0.2, 0.25) is 5.91 Å². The molecule has 0 bridgehead atoms. The average Bonchev–Trinajstić information content (AvgIpc) is 3.01. The summed E-state index contributed by atoms with van der Waals surface area (Å²) in [4.78, 5) is 12.0. The van der Waals surface area contributed by atoms with Crippen molar-refractivity contribution in [2.45, 2.75) is 33.4 Å². The summed E-state index contributed by atoms with van der Waals surface area (Å²) < 4.78 is 40.0. The van der Waals surface area contributed by atoms with Crippen LogP contribution in [0.3, 0.4) is 0 Å². The molecule has 1 unspecified atom stereocenters. The van der Waals surface area contributed by atoms with E-state index in [1.165, 1.54) is 18.2 Å². The van der Waals surface area contributed by atoms with E-state index in [1.54, 1.807) is 25.1 Å². The molecule has 1 amide bonds. The van der Waals surface area contributed by atoms with Crippen molar-refractivity contribution < 1.29 is 27.5 Å². The average molecular weight is 365 g/mol. The molecule has 0 aliphatic rings. The van der Waals surface area contributed by atoms with Gasteiger partial charge in [0.1, 0.15) is 11.5 Å². The van der Waals surface area contributed by atoms with E-state index in [0.29, 0.717) is 17.9 Å². The van der Waals surface area contributed by atoms with Gasteiger partial charge in [-0.05, 0) is 56.7 Å². The Balaban J connectivity index is 2.04. The van der Waals surface area contributed by atoms with E-state index < -0.39 is 6.61 Å². The number of alkyl halides is 2. The highest BCUT2D eigenvalue weighted by molar-refractivity contribution is 5.92. The number of benzene rings is 1. The summed E-state index contributed by atoms with van der Waals surface area (Å²) in [6.45, 7) is 2.74. The molecule has 0 aliphatic carbocycles. The number of halogens is 2. The van der Waals surface area contributed by atoms with Gasteiger partial charge in [0.15, 0.2) is 11.5 Å². The third-order valence-electron chi connectivity index (χ3n) is 3.46. The molecule has 0 saturated carbocycles. The zero-order chi connectivity index (χ0) is 19.1. The molecule has 0 fully saturated rings. The zero-order valence-corrected chi connectivity index (χ0v) is 14.8. The molecule has 5 nitrogen and oxygen atoms in total. The Labute approximate surface area is 150 Å². The molecule has 1 heterocycles. The summed E-state index contributed by atoms with van der Waals surface area (Å²) >= 11 is 0. The first kappa shape index (κ1) is 19.5.